The van der Waals surface area contributed by atoms with Gasteiger partial charge in [-0.1, -0.05) is 45.4 Å². The van der Waals surface area contributed by atoms with E-state index < -0.39 is 35.6 Å². The van der Waals surface area contributed by atoms with Gasteiger partial charge in [0.15, 0.2) is 11.5 Å². The summed E-state index contributed by atoms with van der Waals surface area (Å²) < 4.78 is 11.4. The smallest absolute Gasteiger partial charge is 0.309 e. The molecule has 0 aliphatic carbocycles. The Labute approximate surface area is 207 Å². The van der Waals surface area contributed by atoms with Gasteiger partial charge in [0.25, 0.3) is 0 Å². The van der Waals surface area contributed by atoms with Gasteiger partial charge >= 0.3 is 5.97 Å². The maximum atomic E-state index is 13.2. The van der Waals surface area contributed by atoms with Crippen molar-refractivity contribution < 1.29 is 29.0 Å². The molecular weight excluding hydrogens is 446 g/mol. The number of esters is 1. The van der Waals surface area contributed by atoms with Gasteiger partial charge < -0.3 is 19.4 Å². The number of aliphatic hydroxyl groups is 2. The number of rotatable bonds is 1. The van der Waals surface area contributed by atoms with Crippen LogP contribution in [0.1, 0.15) is 84.3 Å². The van der Waals surface area contributed by atoms with Crippen molar-refractivity contribution in [2.24, 2.45) is 17.3 Å². The summed E-state index contributed by atoms with van der Waals surface area (Å²) in [4.78, 5) is 30.5. The number of hydrogen-bond acceptors (Lipinski definition) is 7. The monoisotopic (exact) mass is 485 g/mol. The number of nitrogens with zero attached hydrogens (tertiary/aromatic N) is 1. The summed E-state index contributed by atoms with van der Waals surface area (Å²) in [6, 6.07) is 5.54. The molecule has 0 radical (unpaired) electrons. The van der Waals surface area contributed by atoms with Crippen molar-refractivity contribution in [3.05, 3.63) is 41.3 Å². The topological polar surface area (TPSA) is 110 Å². The Morgan fingerprint density at radius 3 is 2.54 bits per heavy atom. The van der Waals surface area contributed by atoms with Gasteiger partial charge in [-0.3, -0.25) is 9.59 Å². The highest BCUT2D eigenvalue weighted by Crippen LogP contribution is 2.33. The Morgan fingerprint density at radius 2 is 1.83 bits per heavy atom. The second-order valence-electron chi connectivity index (χ2n) is 10.7. The number of cyclic esters (lactones) is 1. The molecule has 0 spiro atoms. The molecule has 0 unspecified atom stereocenters. The zero-order valence-electron chi connectivity index (χ0n) is 21.7. The van der Waals surface area contributed by atoms with Crippen LogP contribution in [0.5, 0.6) is 0 Å². The number of oxazole rings is 1. The van der Waals surface area contributed by atoms with E-state index in [1.807, 2.05) is 32.0 Å². The molecule has 2 heterocycles. The van der Waals surface area contributed by atoms with Crippen LogP contribution in [0, 0.1) is 24.2 Å². The van der Waals surface area contributed by atoms with Crippen molar-refractivity contribution >= 4 is 22.9 Å². The largest absolute Gasteiger partial charge is 0.457 e. The Kier molecular flexibility index (Phi) is 8.54. The highest BCUT2D eigenvalue weighted by atomic mass is 16.5. The van der Waals surface area contributed by atoms with Crippen LogP contribution in [0.4, 0.5) is 0 Å². The Morgan fingerprint density at radius 1 is 1.11 bits per heavy atom. The molecule has 3 rings (SSSR count). The number of aromatic nitrogens is 1. The van der Waals surface area contributed by atoms with E-state index in [9.17, 15) is 19.8 Å². The first-order chi connectivity index (χ1) is 16.4. The first-order valence-corrected chi connectivity index (χ1v) is 12.5. The summed E-state index contributed by atoms with van der Waals surface area (Å²) in [5.74, 6) is -0.992. The Hall–Kier alpha value is -2.51. The molecule has 1 aliphatic rings. The van der Waals surface area contributed by atoms with Gasteiger partial charge in [-0.25, -0.2) is 4.98 Å². The number of aliphatic hydroxyl groups excluding tert-OH is 2. The van der Waals surface area contributed by atoms with E-state index in [-0.39, 0.29) is 18.1 Å². The van der Waals surface area contributed by atoms with E-state index >= 15 is 0 Å². The van der Waals surface area contributed by atoms with Gasteiger partial charge in [0.1, 0.15) is 17.4 Å². The molecular formula is C28H39NO6. The number of hydrogen-bond donors (Lipinski definition) is 2. The Bertz CT molecular complexity index is 1080. The van der Waals surface area contributed by atoms with Gasteiger partial charge in [0.05, 0.1) is 24.0 Å². The Balaban J connectivity index is 1.91. The molecule has 0 saturated heterocycles. The zero-order valence-corrected chi connectivity index (χ0v) is 21.7. The highest BCUT2D eigenvalue weighted by molar-refractivity contribution is 5.88. The molecule has 7 nitrogen and oxygen atoms in total. The van der Waals surface area contributed by atoms with Crippen molar-refractivity contribution in [3.63, 3.8) is 0 Å². The number of allylic oxidation sites excluding steroid dienone is 1. The molecule has 2 aromatic rings. The molecule has 1 aromatic heterocycles. The summed E-state index contributed by atoms with van der Waals surface area (Å²) >= 11 is 0. The fraction of sp³-hybridized carbons (Fsp3) is 0.607. The minimum atomic E-state index is -1.24. The molecule has 0 fully saturated rings. The average Bonchev–Trinajstić information content (AvgIpc) is 3.18. The number of carbonyl (C=O) groups is 2. The van der Waals surface area contributed by atoms with Crippen LogP contribution in [-0.4, -0.2) is 39.2 Å². The number of aryl methyl sites for hydroxylation is 1. The van der Waals surface area contributed by atoms with Gasteiger partial charge in [0.2, 0.25) is 0 Å². The normalized spacial score (nSPS) is 31.1. The molecule has 1 aliphatic heterocycles. The lowest BCUT2D eigenvalue weighted by atomic mass is 9.73. The molecule has 35 heavy (non-hydrogen) atoms. The SMILES string of the molecule is C/C1=C/C[C@@H](c2ccc3oc(C)nc3c2)OC(=O)C[C@H](O)C(C)(C)C(=O)[C@@H](C)[C@@H](O)[C@@H](C)CCC1. The zero-order chi connectivity index (χ0) is 25.9. The fourth-order valence-electron chi connectivity index (χ4n) is 4.81. The van der Waals surface area contributed by atoms with E-state index in [1.165, 1.54) is 5.57 Å². The van der Waals surface area contributed by atoms with Gasteiger partial charge in [-0.2, -0.15) is 0 Å². The minimum absolute atomic E-state index is 0.0574. The molecule has 0 saturated carbocycles. The molecule has 2 N–H and O–H groups in total. The second kappa shape index (κ2) is 11.0. The number of Topliss-reactive ketones (excluding diaryl/α,β-unsaturated/α-hetero) is 1. The summed E-state index contributed by atoms with van der Waals surface area (Å²) in [7, 11) is 0. The van der Waals surface area contributed by atoms with Crippen LogP contribution in [0.3, 0.4) is 0 Å². The number of ether oxygens (including phenoxy) is 1. The highest BCUT2D eigenvalue weighted by Gasteiger charge is 2.42. The fourth-order valence-corrected chi connectivity index (χ4v) is 4.81. The third-order valence-corrected chi connectivity index (χ3v) is 7.41. The predicted molar refractivity (Wildman–Crippen MR) is 134 cm³/mol. The maximum Gasteiger partial charge on any atom is 0.309 e. The number of benzene rings is 1. The molecule has 1 aromatic carbocycles. The first-order valence-electron chi connectivity index (χ1n) is 12.5. The van der Waals surface area contributed by atoms with Crippen LogP contribution in [0.2, 0.25) is 0 Å². The lowest BCUT2D eigenvalue weighted by Crippen LogP contribution is -2.45. The molecule has 0 amide bonds. The third kappa shape index (κ3) is 6.39. The van der Waals surface area contributed by atoms with Crippen LogP contribution in [0.25, 0.3) is 11.1 Å². The lowest BCUT2D eigenvalue weighted by molar-refractivity contribution is -0.155. The average molecular weight is 486 g/mol. The predicted octanol–water partition coefficient (Wildman–Crippen LogP) is 5.22. The third-order valence-electron chi connectivity index (χ3n) is 7.41. The quantitative estimate of drug-likeness (QED) is 0.421. The van der Waals surface area contributed by atoms with Gasteiger partial charge in [-0.15, -0.1) is 0 Å². The van der Waals surface area contributed by atoms with E-state index in [1.54, 1.807) is 27.7 Å². The van der Waals surface area contributed by atoms with Crippen molar-refractivity contribution in [1.82, 2.24) is 4.98 Å². The van der Waals surface area contributed by atoms with Crippen LogP contribution < -0.4 is 0 Å². The maximum absolute atomic E-state index is 13.2. The number of ketones is 1. The minimum Gasteiger partial charge on any atom is -0.457 e. The van der Waals surface area contributed by atoms with Crippen LogP contribution >= 0.6 is 0 Å². The van der Waals surface area contributed by atoms with Gasteiger partial charge in [-0.05, 0) is 49.8 Å². The van der Waals surface area contributed by atoms with Crippen molar-refractivity contribution in [3.8, 4) is 0 Å². The summed E-state index contributed by atoms with van der Waals surface area (Å²) in [6.07, 6.45) is 2.15. The van der Waals surface area contributed by atoms with Crippen molar-refractivity contribution in [2.75, 3.05) is 0 Å². The van der Waals surface area contributed by atoms with E-state index in [2.05, 4.69) is 11.1 Å². The first kappa shape index (κ1) is 27.1. The number of fused-ring (bicyclic) bond motifs is 1. The lowest BCUT2D eigenvalue weighted by Gasteiger charge is -2.34. The van der Waals surface area contributed by atoms with Crippen molar-refractivity contribution in [2.45, 2.75) is 92.0 Å². The van der Waals surface area contributed by atoms with E-state index in [0.717, 1.165) is 24.8 Å². The number of carbonyl (C=O) groups excluding carboxylic acids is 2. The van der Waals surface area contributed by atoms with Gasteiger partial charge in [0, 0.05) is 19.3 Å². The standard InChI is InChI=1S/C28H39NO6/c1-16-8-7-9-17(2)26(32)18(3)27(33)28(5,6)24(30)15-25(31)35-22(12-10-16)20-11-13-23-21(14-20)29-19(4)34-23/h10-11,13-14,17-18,22,24,26,30,32H,7-9,12,15H2,1-6H3/b16-10-/t17-,18-,22-,24-,26-/m0/s1. The van der Waals surface area contributed by atoms with Crippen LogP contribution in [0.15, 0.2) is 34.3 Å². The van der Waals surface area contributed by atoms with E-state index in [4.69, 9.17) is 9.15 Å². The summed E-state index contributed by atoms with van der Waals surface area (Å²) in [6.45, 7) is 10.7. The van der Waals surface area contributed by atoms with Crippen LogP contribution in [-0.2, 0) is 14.3 Å². The molecule has 7 heteroatoms. The van der Waals surface area contributed by atoms with Crippen molar-refractivity contribution in [1.29, 1.82) is 0 Å². The second-order valence-corrected chi connectivity index (χ2v) is 10.7. The summed E-state index contributed by atoms with van der Waals surface area (Å²) in [5, 5.41) is 21.6. The molecule has 0 bridgehead atoms. The van der Waals surface area contributed by atoms with E-state index in [0.29, 0.717) is 23.4 Å². The summed E-state index contributed by atoms with van der Waals surface area (Å²) in [5.41, 5.74) is 2.11. The molecule has 192 valence electrons. The molecule has 5 atom stereocenters.